The van der Waals surface area contributed by atoms with E-state index in [0.29, 0.717) is 28.1 Å². The van der Waals surface area contributed by atoms with Crippen molar-refractivity contribution in [2.75, 3.05) is 11.9 Å². The molecule has 6 heteroatoms. The summed E-state index contributed by atoms with van der Waals surface area (Å²) in [6.07, 6.45) is 0. The van der Waals surface area contributed by atoms with E-state index < -0.39 is 5.97 Å². The van der Waals surface area contributed by atoms with Gasteiger partial charge in [0.05, 0.1) is 16.6 Å². The summed E-state index contributed by atoms with van der Waals surface area (Å²) < 4.78 is 6.09. The Morgan fingerprint density at radius 1 is 1.17 bits per heavy atom. The maximum Gasteiger partial charge on any atom is 0.335 e. The van der Waals surface area contributed by atoms with Crippen LogP contribution in [0.25, 0.3) is 0 Å². The Kier molecular flexibility index (Phi) is 5.39. The van der Waals surface area contributed by atoms with Crippen LogP contribution in [0, 0.1) is 6.92 Å². The molecule has 5 nitrogen and oxygen atoms in total. The minimum Gasteiger partial charge on any atom is -0.493 e. The van der Waals surface area contributed by atoms with Crippen LogP contribution in [0.1, 0.15) is 33.2 Å². The fourth-order valence-electron chi connectivity index (χ4n) is 2.00. The van der Waals surface area contributed by atoms with Crippen molar-refractivity contribution in [2.45, 2.75) is 13.8 Å². The molecular formula is C17H16BrNO4. The van der Waals surface area contributed by atoms with Gasteiger partial charge in [0.25, 0.3) is 5.91 Å². The van der Waals surface area contributed by atoms with Gasteiger partial charge in [-0.1, -0.05) is 6.07 Å². The minimum atomic E-state index is -1.04. The monoisotopic (exact) mass is 377 g/mol. The molecule has 0 aliphatic heterocycles. The van der Waals surface area contributed by atoms with Crippen molar-refractivity contribution in [3.63, 3.8) is 0 Å². The standard InChI is InChI=1S/C17H16BrNO4/c1-3-23-15-7-6-11(8-13(15)18)16(20)19-14-9-12(17(21)22)5-4-10(14)2/h4-9H,3H2,1-2H3,(H,19,20)(H,21,22). The number of rotatable bonds is 5. The van der Waals surface area contributed by atoms with E-state index in [4.69, 9.17) is 9.84 Å². The number of carbonyl (C=O) groups excluding carboxylic acids is 1. The maximum atomic E-state index is 12.3. The lowest BCUT2D eigenvalue weighted by molar-refractivity contribution is 0.0696. The minimum absolute atomic E-state index is 0.124. The van der Waals surface area contributed by atoms with E-state index in [2.05, 4.69) is 21.2 Å². The zero-order valence-electron chi connectivity index (χ0n) is 12.7. The van der Waals surface area contributed by atoms with Gasteiger partial charge in [-0.2, -0.15) is 0 Å². The maximum absolute atomic E-state index is 12.3. The van der Waals surface area contributed by atoms with E-state index in [0.717, 1.165) is 5.56 Å². The third-order valence-corrected chi connectivity index (χ3v) is 3.85. The zero-order valence-corrected chi connectivity index (χ0v) is 14.3. The fraction of sp³-hybridized carbons (Fsp3) is 0.176. The molecule has 0 unspecified atom stereocenters. The number of ether oxygens (including phenoxy) is 1. The number of carboxylic acids is 1. The molecule has 0 saturated heterocycles. The van der Waals surface area contributed by atoms with Gasteiger partial charge in [-0.3, -0.25) is 4.79 Å². The number of hydrogen-bond donors (Lipinski definition) is 2. The van der Waals surface area contributed by atoms with Gasteiger partial charge in [0.15, 0.2) is 0 Å². The molecule has 2 aromatic carbocycles. The molecular weight excluding hydrogens is 362 g/mol. The highest BCUT2D eigenvalue weighted by Crippen LogP contribution is 2.26. The molecule has 0 radical (unpaired) electrons. The highest BCUT2D eigenvalue weighted by Gasteiger charge is 2.12. The second kappa shape index (κ2) is 7.28. The molecule has 0 spiro atoms. The van der Waals surface area contributed by atoms with Gasteiger partial charge in [0.1, 0.15) is 5.75 Å². The van der Waals surface area contributed by atoms with Crippen LogP contribution in [-0.2, 0) is 0 Å². The lowest BCUT2D eigenvalue weighted by atomic mass is 10.1. The number of anilines is 1. The average Bonchev–Trinajstić information content (AvgIpc) is 2.51. The van der Waals surface area contributed by atoms with Crippen molar-refractivity contribution < 1.29 is 19.4 Å². The van der Waals surface area contributed by atoms with Crippen LogP contribution in [0.5, 0.6) is 5.75 Å². The van der Waals surface area contributed by atoms with E-state index >= 15 is 0 Å². The van der Waals surface area contributed by atoms with Crippen LogP contribution in [-0.4, -0.2) is 23.6 Å². The van der Waals surface area contributed by atoms with Gasteiger partial charge in [-0.15, -0.1) is 0 Å². The van der Waals surface area contributed by atoms with Crippen molar-refractivity contribution in [3.8, 4) is 5.75 Å². The van der Waals surface area contributed by atoms with E-state index in [9.17, 15) is 9.59 Å². The molecule has 0 aromatic heterocycles. The first-order valence-electron chi connectivity index (χ1n) is 7.00. The second-order valence-corrected chi connectivity index (χ2v) is 5.72. The van der Waals surface area contributed by atoms with Crippen molar-refractivity contribution in [1.29, 1.82) is 0 Å². The van der Waals surface area contributed by atoms with Gasteiger partial charge in [-0.05, 0) is 65.7 Å². The third-order valence-electron chi connectivity index (χ3n) is 3.23. The van der Waals surface area contributed by atoms with Gasteiger partial charge < -0.3 is 15.2 Å². The molecule has 2 aromatic rings. The molecule has 2 N–H and O–H groups in total. The third kappa shape index (κ3) is 4.10. The summed E-state index contributed by atoms with van der Waals surface area (Å²) in [5.41, 5.74) is 1.83. The zero-order chi connectivity index (χ0) is 17.0. The van der Waals surface area contributed by atoms with Crippen molar-refractivity contribution >= 4 is 33.5 Å². The quantitative estimate of drug-likeness (QED) is 0.821. The van der Waals surface area contributed by atoms with Gasteiger partial charge in [0.2, 0.25) is 0 Å². The highest BCUT2D eigenvalue weighted by molar-refractivity contribution is 9.10. The number of aromatic carboxylic acids is 1. The van der Waals surface area contributed by atoms with Crippen LogP contribution < -0.4 is 10.1 Å². The van der Waals surface area contributed by atoms with Crippen LogP contribution in [0.3, 0.4) is 0 Å². The topological polar surface area (TPSA) is 75.6 Å². The Labute approximate surface area is 142 Å². The summed E-state index contributed by atoms with van der Waals surface area (Å²) in [7, 11) is 0. The van der Waals surface area contributed by atoms with Gasteiger partial charge in [0, 0.05) is 11.3 Å². The number of nitrogens with one attached hydrogen (secondary N) is 1. The number of halogens is 1. The second-order valence-electron chi connectivity index (χ2n) is 4.87. The van der Waals surface area contributed by atoms with Gasteiger partial charge >= 0.3 is 5.97 Å². The van der Waals surface area contributed by atoms with Gasteiger partial charge in [-0.25, -0.2) is 4.79 Å². The SMILES string of the molecule is CCOc1ccc(C(=O)Nc2cc(C(=O)O)ccc2C)cc1Br. The Morgan fingerprint density at radius 3 is 2.48 bits per heavy atom. The van der Waals surface area contributed by atoms with E-state index in [1.807, 2.05) is 6.92 Å². The first-order valence-corrected chi connectivity index (χ1v) is 7.79. The number of amides is 1. The molecule has 0 bridgehead atoms. The number of carbonyl (C=O) groups is 2. The van der Waals surface area contributed by atoms with Crippen LogP contribution in [0.2, 0.25) is 0 Å². The van der Waals surface area contributed by atoms with E-state index in [1.165, 1.54) is 12.1 Å². The molecule has 2 rings (SSSR count). The number of hydrogen-bond acceptors (Lipinski definition) is 3. The van der Waals surface area contributed by atoms with Crippen molar-refractivity contribution in [2.24, 2.45) is 0 Å². The summed E-state index contributed by atoms with van der Waals surface area (Å²) in [6, 6.07) is 9.63. The molecule has 0 atom stereocenters. The molecule has 0 fully saturated rings. The van der Waals surface area contributed by atoms with E-state index in [1.54, 1.807) is 31.2 Å². The summed E-state index contributed by atoms with van der Waals surface area (Å²) in [5, 5.41) is 11.8. The number of aryl methyl sites for hydroxylation is 1. The molecule has 23 heavy (non-hydrogen) atoms. The smallest absolute Gasteiger partial charge is 0.335 e. The fourth-order valence-corrected chi connectivity index (χ4v) is 2.49. The number of benzene rings is 2. The van der Waals surface area contributed by atoms with Crippen molar-refractivity contribution in [1.82, 2.24) is 0 Å². The molecule has 0 aliphatic rings. The average molecular weight is 378 g/mol. The Bertz CT molecular complexity index is 758. The Morgan fingerprint density at radius 2 is 1.87 bits per heavy atom. The van der Waals surface area contributed by atoms with Crippen LogP contribution in [0.4, 0.5) is 5.69 Å². The normalized spacial score (nSPS) is 10.2. The first-order chi connectivity index (χ1) is 10.9. The lowest BCUT2D eigenvalue weighted by Crippen LogP contribution is -2.13. The van der Waals surface area contributed by atoms with Crippen LogP contribution >= 0.6 is 15.9 Å². The summed E-state index contributed by atoms with van der Waals surface area (Å²) in [4.78, 5) is 23.4. The largest absolute Gasteiger partial charge is 0.493 e. The first kappa shape index (κ1) is 17.0. The predicted molar refractivity (Wildman–Crippen MR) is 91.4 cm³/mol. The summed E-state index contributed by atoms with van der Waals surface area (Å²) in [6.45, 7) is 4.21. The highest BCUT2D eigenvalue weighted by atomic mass is 79.9. The molecule has 0 heterocycles. The van der Waals surface area contributed by atoms with Crippen LogP contribution in [0.15, 0.2) is 40.9 Å². The molecule has 0 aliphatic carbocycles. The predicted octanol–water partition coefficient (Wildman–Crippen LogP) is 4.11. The molecule has 1 amide bonds. The lowest BCUT2D eigenvalue weighted by Gasteiger charge is -2.11. The Balaban J connectivity index is 2.24. The van der Waals surface area contributed by atoms with Crippen molar-refractivity contribution in [3.05, 3.63) is 57.6 Å². The summed E-state index contributed by atoms with van der Waals surface area (Å²) >= 11 is 3.36. The number of carboxylic acid groups (broad SMARTS) is 1. The van der Waals surface area contributed by atoms with E-state index in [-0.39, 0.29) is 11.5 Å². The summed E-state index contributed by atoms with van der Waals surface area (Å²) in [5.74, 6) is -0.697. The molecule has 0 saturated carbocycles. The molecule has 120 valence electrons. The Hall–Kier alpha value is -2.34.